The Balaban J connectivity index is 1.50. The maximum Gasteiger partial charge on any atom is 0.251 e. The molecule has 164 valence electrons. The van der Waals surface area contributed by atoms with Gasteiger partial charge in [-0.15, -0.1) is 0 Å². The van der Waals surface area contributed by atoms with Gasteiger partial charge < -0.3 is 24.8 Å². The third-order valence-corrected chi connectivity index (χ3v) is 6.06. The van der Waals surface area contributed by atoms with Gasteiger partial charge in [0.15, 0.2) is 6.23 Å². The lowest BCUT2D eigenvalue weighted by Gasteiger charge is -2.41. The van der Waals surface area contributed by atoms with Gasteiger partial charge in [-0.05, 0) is 37.2 Å². The van der Waals surface area contributed by atoms with Crippen LogP contribution < -0.4 is 10.2 Å². The summed E-state index contributed by atoms with van der Waals surface area (Å²) in [6.45, 7) is 4.38. The zero-order valence-corrected chi connectivity index (χ0v) is 18.1. The van der Waals surface area contributed by atoms with Crippen molar-refractivity contribution in [1.29, 1.82) is 0 Å². The summed E-state index contributed by atoms with van der Waals surface area (Å²) in [5.74, 6) is -0.451. The number of carbonyl (C=O) groups excluding carboxylic acids is 2. The lowest BCUT2D eigenvalue weighted by atomic mass is 9.95. The van der Waals surface area contributed by atoms with Crippen molar-refractivity contribution in [3.05, 3.63) is 59.4 Å². The maximum atomic E-state index is 13.0. The predicted molar refractivity (Wildman–Crippen MR) is 118 cm³/mol. The molecule has 0 saturated carbocycles. The van der Waals surface area contributed by atoms with Gasteiger partial charge in [-0.25, -0.2) is 0 Å². The highest BCUT2D eigenvalue weighted by Crippen LogP contribution is 2.37. The van der Waals surface area contributed by atoms with Crippen LogP contribution in [0.1, 0.15) is 27.7 Å². The summed E-state index contributed by atoms with van der Waals surface area (Å²) < 4.78 is 5.84. The van der Waals surface area contributed by atoms with E-state index in [4.69, 9.17) is 4.74 Å². The number of benzene rings is 1. The summed E-state index contributed by atoms with van der Waals surface area (Å²) in [5, 5.41) is 2.72. The Morgan fingerprint density at radius 3 is 2.55 bits per heavy atom. The first-order valence-corrected chi connectivity index (χ1v) is 10.6. The maximum absolute atomic E-state index is 13.0. The number of pyridine rings is 1. The van der Waals surface area contributed by atoms with Crippen LogP contribution in [0.2, 0.25) is 0 Å². The van der Waals surface area contributed by atoms with E-state index in [1.165, 1.54) is 5.56 Å². The van der Waals surface area contributed by atoms with Crippen molar-refractivity contribution in [2.45, 2.75) is 12.6 Å². The highest BCUT2D eigenvalue weighted by Gasteiger charge is 2.34. The number of piperazine rings is 1. The minimum atomic E-state index is -0.468. The van der Waals surface area contributed by atoms with Gasteiger partial charge in [-0.2, -0.15) is 0 Å². The van der Waals surface area contributed by atoms with Crippen LogP contribution in [-0.2, 0) is 16.0 Å². The van der Waals surface area contributed by atoms with E-state index < -0.39 is 6.23 Å². The van der Waals surface area contributed by atoms with Crippen LogP contribution in [0.15, 0.2) is 42.7 Å². The lowest BCUT2D eigenvalue weighted by molar-refractivity contribution is -0.144. The quantitative estimate of drug-likeness (QED) is 0.781. The molecule has 1 aromatic carbocycles. The number of aromatic nitrogens is 1. The van der Waals surface area contributed by atoms with Gasteiger partial charge in [0.2, 0.25) is 5.91 Å². The smallest absolute Gasteiger partial charge is 0.251 e. The van der Waals surface area contributed by atoms with Gasteiger partial charge >= 0.3 is 0 Å². The molecule has 4 rings (SSSR count). The highest BCUT2D eigenvalue weighted by atomic mass is 16.5. The van der Waals surface area contributed by atoms with Gasteiger partial charge in [-0.1, -0.05) is 12.1 Å². The molecule has 0 aliphatic carbocycles. The van der Waals surface area contributed by atoms with Gasteiger partial charge in [-0.3, -0.25) is 14.6 Å². The van der Waals surface area contributed by atoms with E-state index in [-0.39, 0.29) is 18.4 Å². The number of likely N-dealkylation sites (N-methyl/N-ethyl adjacent to an activating group) is 1. The van der Waals surface area contributed by atoms with Crippen LogP contribution in [0, 0.1) is 0 Å². The first-order chi connectivity index (χ1) is 15.1. The van der Waals surface area contributed by atoms with Crippen molar-refractivity contribution >= 4 is 17.5 Å². The van der Waals surface area contributed by atoms with Crippen molar-refractivity contribution < 1.29 is 14.3 Å². The summed E-state index contributed by atoms with van der Waals surface area (Å²) in [7, 11) is 3.77. The van der Waals surface area contributed by atoms with Gasteiger partial charge in [0.25, 0.3) is 5.91 Å². The average Bonchev–Trinajstić information content (AvgIpc) is 2.82. The lowest BCUT2D eigenvalue weighted by Crippen LogP contribution is -2.48. The van der Waals surface area contributed by atoms with Crippen molar-refractivity contribution in [1.82, 2.24) is 20.1 Å². The minimum Gasteiger partial charge on any atom is -0.369 e. The number of nitrogens with one attached hydrogen (secondary N) is 1. The molecule has 0 radical (unpaired) electrons. The van der Waals surface area contributed by atoms with E-state index in [0.29, 0.717) is 12.1 Å². The molecular formula is C23H29N5O3. The molecule has 8 heteroatoms. The Bertz CT molecular complexity index is 928. The number of nitrogens with zero attached hydrogens (tertiary/aromatic N) is 4. The van der Waals surface area contributed by atoms with E-state index >= 15 is 0 Å². The molecule has 0 unspecified atom stereocenters. The Labute approximate surface area is 182 Å². The molecule has 3 heterocycles. The van der Waals surface area contributed by atoms with Crippen LogP contribution in [0.4, 0.5) is 5.69 Å². The second-order valence-electron chi connectivity index (χ2n) is 7.98. The molecule has 1 aromatic heterocycles. The molecule has 2 aromatic rings. The average molecular weight is 424 g/mol. The van der Waals surface area contributed by atoms with Crippen LogP contribution in [-0.4, -0.2) is 80.0 Å². The SMILES string of the molecule is CO[C@H]1c2c(cccc2N2CCN(C)CC2)CCN1C(=O)CNC(=O)c1ccncc1. The molecule has 2 aliphatic rings. The third-order valence-electron chi connectivity index (χ3n) is 6.06. The second-order valence-corrected chi connectivity index (χ2v) is 7.98. The molecule has 1 fully saturated rings. The summed E-state index contributed by atoms with van der Waals surface area (Å²) in [6, 6.07) is 9.57. The van der Waals surface area contributed by atoms with E-state index in [1.54, 1.807) is 36.5 Å². The Kier molecular flexibility index (Phi) is 6.48. The number of methoxy groups -OCH3 is 1. The van der Waals surface area contributed by atoms with E-state index in [0.717, 1.165) is 43.9 Å². The van der Waals surface area contributed by atoms with E-state index in [9.17, 15) is 9.59 Å². The predicted octanol–water partition coefficient (Wildman–Crippen LogP) is 1.29. The van der Waals surface area contributed by atoms with Crippen LogP contribution >= 0.6 is 0 Å². The number of rotatable bonds is 5. The number of amides is 2. The number of anilines is 1. The number of carbonyl (C=O) groups is 2. The topological polar surface area (TPSA) is 78.0 Å². The van der Waals surface area contributed by atoms with E-state index in [2.05, 4.69) is 45.3 Å². The fourth-order valence-electron chi connectivity index (χ4n) is 4.30. The zero-order valence-electron chi connectivity index (χ0n) is 18.1. The molecule has 31 heavy (non-hydrogen) atoms. The molecule has 1 atom stereocenters. The van der Waals surface area contributed by atoms with Gasteiger partial charge in [0.1, 0.15) is 0 Å². The summed E-state index contributed by atoms with van der Waals surface area (Å²) >= 11 is 0. The van der Waals surface area contributed by atoms with Crippen molar-refractivity contribution in [3.63, 3.8) is 0 Å². The first-order valence-electron chi connectivity index (χ1n) is 10.6. The summed E-state index contributed by atoms with van der Waals surface area (Å²) in [6.07, 6.45) is 3.41. The Morgan fingerprint density at radius 2 is 1.84 bits per heavy atom. The van der Waals surface area contributed by atoms with Crippen LogP contribution in [0.5, 0.6) is 0 Å². The van der Waals surface area contributed by atoms with Gasteiger partial charge in [0, 0.05) is 69.0 Å². The molecular weight excluding hydrogens is 394 g/mol. The summed E-state index contributed by atoms with van der Waals surface area (Å²) in [5.41, 5.74) is 3.89. The van der Waals surface area contributed by atoms with E-state index in [1.807, 2.05) is 0 Å². The first kappa shape index (κ1) is 21.3. The largest absolute Gasteiger partial charge is 0.369 e. The molecule has 0 bridgehead atoms. The molecule has 2 aliphatic heterocycles. The monoisotopic (exact) mass is 423 g/mol. The fourth-order valence-corrected chi connectivity index (χ4v) is 4.30. The third kappa shape index (κ3) is 4.55. The number of ether oxygens (including phenoxy) is 1. The fraction of sp³-hybridized carbons (Fsp3) is 0.435. The van der Waals surface area contributed by atoms with Crippen LogP contribution in [0.3, 0.4) is 0 Å². The Morgan fingerprint density at radius 1 is 1.10 bits per heavy atom. The van der Waals surface area contributed by atoms with Crippen LogP contribution in [0.25, 0.3) is 0 Å². The second kappa shape index (κ2) is 9.45. The Hall–Kier alpha value is -2.97. The van der Waals surface area contributed by atoms with Crippen molar-refractivity contribution in [2.75, 3.05) is 58.3 Å². The number of fused-ring (bicyclic) bond motifs is 1. The molecule has 2 amide bonds. The molecule has 1 N–H and O–H groups in total. The highest BCUT2D eigenvalue weighted by molar-refractivity contribution is 5.96. The molecule has 0 spiro atoms. The minimum absolute atomic E-state index is 0.0764. The normalized spacial score (nSPS) is 19.1. The standard InChI is InChI=1S/C23H29N5O3/c1-26-12-14-27(15-13-26)19-5-3-4-17-8-11-28(23(31-2)21(17)19)20(29)16-25-22(30)18-6-9-24-10-7-18/h3-7,9-10,23H,8,11-16H2,1-2H3,(H,25,30)/t23-/m0/s1. The zero-order chi connectivity index (χ0) is 21.8. The molecule has 8 nitrogen and oxygen atoms in total. The summed E-state index contributed by atoms with van der Waals surface area (Å²) in [4.78, 5) is 35.7. The van der Waals surface area contributed by atoms with Crippen molar-refractivity contribution in [3.8, 4) is 0 Å². The molecule has 1 saturated heterocycles. The van der Waals surface area contributed by atoms with Crippen molar-refractivity contribution in [2.24, 2.45) is 0 Å². The van der Waals surface area contributed by atoms with Gasteiger partial charge in [0.05, 0.1) is 6.54 Å². The number of hydrogen-bond donors (Lipinski definition) is 1. The number of hydrogen-bond acceptors (Lipinski definition) is 6.